The Labute approximate surface area is 254 Å². The predicted octanol–water partition coefficient (Wildman–Crippen LogP) is 6.89. The summed E-state index contributed by atoms with van der Waals surface area (Å²) < 4.78 is 25.4. The molecule has 2 aromatic heterocycles. The second-order valence-electron chi connectivity index (χ2n) is 9.34. The Hall–Kier alpha value is -3.83. The first-order valence-corrected chi connectivity index (χ1v) is 14.3. The molecule has 214 valence electrons. The quantitative estimate of drug-likeness (QED) is 0.105. The summed E-state index contributed by atoms with van der Waals surface area (Å²) in [5.41, 5.74) is 6.49. The number of hydrogen-bond acceptors (Lipinski definition) is 7. The number of furan rings is 1. The number of carbonyl (C=O) groups excluding carboxylic acids is 2. The maximum atomic E-state index is 12.5. The van der Waals surface area contributed by atoms with Gasteiger partial charge in [-0.2, -0.15) is 5.10 Å². The number of amides is 1. The molecule has 0 aliphatic heterocycles. The van der Waals surface area contributed by atoms with Crippen LogP contribution in [0.5, 0.6) is 11.5 Å². The lowest BCUT2D eigenvalue weighted by Crippen LogP contribution is -2.19. The molecule has 4 rings (SSSR count). The highest BCUT2D eigenvalue weighted by molar-refractivity contribution is 9.11. The Morgan fingerprint density at radius 3 is 2.27 bits per heavy atom. The Bertz CT molecular complexity index is 1510. The number of ether oxygens (including phenoxy) is 3. The lowest BCUT2D eigenvalue weighted by Gasteiger charge is -2.12. The summed E-state index contributed by atoms with van der Waals surface area (Å²) in [5.74, 6) is 0.769. The Morgan fingerprint density at radius 2 is 1.63 bits per heavy atom. The van der Waals surface area contributed by atoms with Gasteiger partial charge in [-0.15, -0.1) is 0 Å². The van der Waals surface area contributed by atoms with Gasteiger partial charge in [0.1, 0.15) is 23.9 Å². The van der Waals surface area contributed by atoms with Gasteiger partial charge in [-0.3, -0.25) is 4.79 Å². The molecule has 0 bridgehead atoms. The molecule has 4 aromatic rings. The number of hydrazone groups is 1. The zero-order chi connectivity index (χ0) is 29.5. The summed E-state index contributed by atoms with van der Waals surface area (Å²) in [7, 11) is 0. The minimum atomic E-state index is -0.504. The topological polar surface area (TPSA) is 104 Å². The molecule has 0 fully saturated rings. The third kappa shape index (κ3) is 8.11. The molecule has 0 radical (unpaired) electrons. The molecule has 41 heavy (non-hydrogen) atoms. The molecule has 2 aromatic carbocycles. The van der Waals surface area contributed by atoms with Crippen LogP contribution >= 0.6 is 31.9 Å². The van der Waals surface area contributed by atoms with Crippen LogP contribution in [0.3, 0.4) is 0 Å². The number of nitrogens with zero attached hydrogens (tertiary/aromatic N) is 2. The third-order valence-corrected chi connectivity index (χ3v) is 6.91. The van der Waals surface area contributed by atoms with E-state index >= 15 is 0 Å². The van der Waals surface area contributed by atoms with Crippen molar-refractivity contribution in [2.75, 3.05) is 6.61 Å². The van der Waals surface area contributed by atoms with Crippen LogP contribution in [0.1, 0.15) is 47.1 Å². The summed E-state index contributed by atoms with van der Waals surface area (Å²) in [5, 5.41) is 4.01. The van der Waals surface area contributed by atoms with Crippen LogP contribution in [0.25, 0.3) is 5.69 Å². The second-order valence-corrected chi connectivity index (χ2v) is 11.0. The van der Waals surface area contributed by atoms with Gasteiger partial charge in [0.05, 0.1) is 21.3 Å². The summed E-state index contributed by atoms with van der Waals surface area (Å²) in [4.78, 5) is 24.3. The van der Waals surface area contributed by atoms with Crippen molar-refractivity contribution in [2.45, 2.75) is 40.4 Å². The highest BCUT2D eigenvalue weighted by Gasteiger charge is 2.14. The van der Waals surface area contributed by atoms with E-state index in [4.69, 9.17) is 18.6 Å². The van der Waals surface area contributed by atoms with Crippen molar-refractivity contribution >= 4 is 50.0 Å². The zero-order valence-electron chi connectivity index (χ0n) is 22.9. The minimum Gasteiger partial charge on any atom is -0.486 e. The van der Waals surface area contributed by atoms with Crippen LogP contribution in [-0.4, -0.2) is 35.4 Å². The van der Waals surface area contributed by atoms with Crippen molar-refractivity contribution in [3.63, 3.8) is 0 Å². The van der Waals surface area contributed by atoms with Crippen LogP contribution in [0, 0.1) is 13.8 Å². The van der Waals surface area contributed by atoms with Crippen molar-refractivity contribution < 1.29 is 28.2 Å². The van der Waals surface area contributed by atoms with Gasteiger partial charge in [0.2, 0.25) is 0 Å². The monoisotopic (exact) mass is 685 g/mol. The standard InChI is InChI=1S/C30H29Br2N3O6/c1-18(2)40-28(36)17-39-29-25(31)13-21(14-26(29)32)15-33-34-30(37)27-12-11-24(41-27)16-38-23-9-7-22(8-10-23)35-19(3)5-6-20(35)4/h5-15,18H,16-17H2,1-4H3,(H,34,37)/b33-15+. The molecule has 0 saturated carbocycles. The third-order valence-electron chi connectivity index (χ3n) is 5.73. The molecule has 11 heteroatoms. The molecule has 0 aliphatic carbocycles. The Morgan fingerprint density at radius 1 is 0.976 bits per heavy atom. The van der Waals surface area contributed by atoms with Gasteiger partial charge in [-0.1, -0.05) is 0 Å². The number of esters is 1. The first kappa shape index (κ1) is 30.1. The molecule has 0 atom stereocenters. The lowest BCUT2D eigenvalue weighted by atomic mass is 10.2. The van der Waals surface area contributed by atoms with E-state index in [2.05, 4.69) is 72.9 Å². The fraction of sp³-hybridized carbons (Fsp3) is 0.233. The number of benzene rings is 2. The molecular formula is C30H29Br2N3O6. The summed E-state index contributed by atoms with van der Waals surface area (Å²) in [6, 6.07) is 18.7. The average Bonchev–Trinajstić information content (AvgIpc) is 3.53. The Balaban J connectivity index is 1.28. The lowest BCUT2D eigenvalue weighted by molar-refractivity contribution is -0.149. The van der Waals surface area contributed by atoms with Crippen molar-refractivity contribution in [3.8, 4) is 17.2 Å². The summed E-state index contributed by atoms with van der Waals surface area (Å²) >= 11 is 6.85. The number of carbonyl (C=O) groups is 2. The first-order valence-electron chi connectivity index (χ1n) is 12.7. The molecule has 1 amide bonds. The van der Waals surface area contributed by atoms with E-state index in [1.54, 1.807) is 38.1 Å². The number of rotatable bonds is 11. The minimum absolute atomic E-state index is 0.106. The van der Waals surface area contributed by atoms with E-state index in [9.17, 15) is 9.59 Å². The van der Waals surface area contributed by atoms with Crippen LogP contribution in [0.15, 0.2) is 79.1 Å². The molecule has 2 heterocycles. The van der Waals surface area contributed by atoms with E-state index in [-0.39, 0.29) is 25.1 Å². The number of aryl methyl sites for hydroxylation is 2. The van der Waals surface area contributed by atoms with Crippen LogP contribution in [-0.2, 0) is 16.1 Å². The van der Waals surface area contributed by atoms with Crippen LogP contribution < -0.4 is 14.9 Å². The fourth-order valence-corrected chi connectivity index (χ4v) is 5.39. The number of hydrogen-bond donors (Lipinski definition) is 1. The molecule has 0 spiro atoms. The summed E-state index contributed by atoms with van der Waals surface area (Å²) in [6.07, 6.45) is 1.25. The van der Waals surface area contributed by atoms with Gasteiger partial charge in [-0.05, 0) is 126 Å². The normalized spacial score (nSPS) is 11.2. The van der Waals surface area contributed by atoms with Crippen LogP contribution in [0.2, 0.25) is 0 Å². The fourth-order valence-electron chi connectivity index (χ4n) is 3.94. The maximum Gasteiger partial charge on any atom is 0.344 e. The number of aromatic nitrogens is 1. The molecule has 9 nitrogen and oxygen atoms in total. The van der Waals surface area contributed by atoms with Gasteiger partial charge >= 0.3 is 11.9 Å². The van der Waals surface area contributed by atoms with Gasteiger partial charge in [0.15, 0.2) is 12.4 Å². The van der Waals surface area contributed by atoms with Crippen molar-refractivity contribution in [1.29, 1.82) is 0 Å². The van der Waals surface area contributed by atoms with E-state index < -0.39 is 11.9 Å². The molecular weight excluding hydrogens is 658 g/mol. The van der Waals surface area contributed by atoms with E-state index in [0.29, 0.717) is 31.8 Å². The Kier molecular flexibility index (Phi) is 10.1. The molecule has 1 N–H and O–H groups in total. The van der Waals surface area contributed by atoms with Crippen LogP contribution in [0.4, 0.5) is 0 Å². The van der Waals surface area contributed by atoms with Gasteiger partial charge in [-0.25, -0.2) is 10.2 Å². The van der Waals surface area contributed by atoms with Gasteiger partial charge in [0, 0.05) is 17.1 Å². The predicted molar refractivity (Wildman–Crippen MR) is 162 cm³/mol. The van der Waals surface area contributed by atoms with Crippen molar-refractivity contribution in [1.82, 2.24) is 9.99 Å². The molecule has 0 saturated heterocycles. The maximum absolute atomic E-state index is 12.5. The highest BCUT2D eigenvalue weighted by atomic mass is 79.9. The zero-order valence-corrected chi connectivity index (χ0v) is 26.1. The largest absolute Gasteiger partial charge is 0.486 e. The average molecular weight is 687 g/mol. The molecule has 0 aliphatic rings. The van der Waals surface area contributed by atoms with E-state index in [1.165, 1.54) is 6.21 Å². The van der Waals surface area contributed by atoms with E-state index in [0.717, 1.165) is 17.1 Å². The van der Waals surface area contributed by atoms with E-state index in [1.807, 2.05) is 24.3 Å². The van der Waals surface area contributed by atoms with Gasteiger partial charge < -0.3 is 23.2 Å². The highest BCUT2D eigenvalue weighted by Crippen LogP contribution is 2.34. The second kappa shape index (κ2) is 13.7. The number of nitrogens with one attached hydrogen (secondary N) is 1. The SMILES string of the molecule is Cc1ccc(C)n1-c1ccc(OCc2ccc(C(=O)N/N=C/c3cc(Br)c(OCC(=O)OC(C)C)c(Br)c3)o2)cc1. The van der Waals surface area contributed by atoms with Crippen molar-refractivity contribution in [3.05, 3.63) is 98.1 Å². The van der Waals surface area contributed by atoms with Crippen molar-refractivity contribution in [2.24, 2.45) is 5.10 Å². The first-order chi connectivity index (χ1) is 19.6. The molecule has 0 unspecified atom stereocenters. The smallest absolute Gasteiger partial charge is 0.344 e. The van der Waals surface area contributed by atoms with Gasteiger partial charge in [0.25, 0.3) is 0 Å². The number of halogens is 2. The summed E-state index contributed by atoms with van der Waals surface area (Å²) in [6.45, 7) is 7.61.